The molecule has 12 rings (SSSR count). The molecule has 0 amide bonds. The van der Waals surface area contributed by atoms with Crippen molar-refractivity contribution in [3.05, 3.63) is 183 Å². The molecule has 4 aromatic heterocycles. The number of aromatic nitrogens is 4. The van der Waals surface area contributed by atoms with Gasteiger partial charge in [-0.25, -0.2) is 17.6 Å². The van der Waals surface area contributed by atoms with E-state index in [1.165, 1.54) is 40.3 Å². The maximum atomic E-state index is 15.5. The summed E-state index contributed by atoms with van der Waals surface area (Å²) in [5.74, 6) is -2.54. The summed E-state index contributed by atoms with van der Waals surface area (Å²) in [5.41, 5.74) is 13.5. The summed E-state index contributed by atoms with van der Waals surface area (Å²) < 4.78 is 68.1. The average Bonchev–Trinajstić information content (AvgIpc) is 4.02. The average molecular weight is 1070 g/mol. The Morgan fingerprint density at radius 3 is 1.64 bits per heavy atom. The van der Waals surface area contributed by atoms with Crippen molar-refractivity contribution in [2.24, 2.45) is 0 Å². The number of fused-ring (bicyclic) bond motifs is 4. The fraction of sp³-hybridized carbons (Fsp3) is 0.355. The molecule has 4 aliphatic heterocycles. The summed E-state index contributed by atoms with van der Waals surface area (Å²) >= 11 is 6.27. The van der Waals surface area contributed by atoms with E-state index in [1.54, 1.807) is 0 Å². The minimum atomic E-state index is -0.676. The summed E-state index contributed by atoms with van der Waals surface area (Å²) in [5, 5.41) is 4.30. The topological polar surface area (TPSA) is 91.8 Å². The van der Waals surface area contributed by atoms with E-state index in [0.717, 1.165) is 116 Å². The zero-order valence-electron chi connectivity index (χ0n) is 44.6. The largest absolute Gasteiger partial charge is 0.383 e. The van der Waals surface area contributed by atoms with E-state index in [4.69, 9.17) is 31.0 Å². The van der Waals surface area contributed by atoms with Crippen molar-refractivity contribution in [2.75, 3.05) is 85.7 Å². The second kappa shape index (κ2) is 22.6. The van der Waals surface area contributed by atoms with Crippen LogP contribution >= 0.6 is 11.6 Å². The number of pyridine rings is 4. The molecule has 0 aliphatic carbocycles. The Bertz CT molecular complexity index is 3430. The van der Waals surface area contributed by atoms with Crippen LogP contribution in [0, 0.1) is 37.1 Å². The molecule has 4 aromatic carbocycles. The van der Waals surface area contributed by atoms with Gasteiger partial charge in [0.15, 0.2) is 0 Å². The van der Waals surface area contributed by atoms with Crippen molar-refractivity contribution >= 4 is 61.8 Å². The van der Waals surface area contributed by atoms with Gasteiger partial charge in [0.25, 0.3) is 0 Å². The van der Waals surface area contributed by atoms with Crippen LogP contribution in [-0.4, -0.2) is 85.6 Å². The van der Waals surface area contributed by atoms with Crippen LogP contribution in [0.5, 0.6) is 0 Å². The number of ether oxygens (including phenoxy) is 2. The molecule has 0 spiro atoms. The molecule has 0 unspecified atom stereocenters. The highest BCUT2D eigenvalue weighted by molar-refractivity contribution is 6.36. The van der Waals surface area contributed by atoms with Crippen molar-refractivity contribution in [3.8, 4) is 0 Å². The summed E-state index contributed by atoms with van der Waals surface area (Å²) in [6, 6.07) is 29.0. The van der Waals surface area contributed by atoms with Gasteiger partial charge >= 0.3 is 0 Å². The molecule has 2 saturated heterocycles. The van der Waals surface area contributed by atoms with Crippen LogP contribution in [-0.2, 0) is 46.0 Å². The van der Waals surface area contributed by atoms with Crippen LogP contribution in [0.25, 0.3) is 21.8 Å². The normalized spacial score (nSPS) is 16.3. The molecule has 0 atom stereocenters. The van der Waals surface area contributed by atoms with Gasteiger partial charge in [0.2, 0.25) is 0 Å². The van der Waals surface area contributed by atoms with E-state index in [-0.39, 0.29) is 21.7 Å². The fourth-order valence-corrected chi connectivity index (χ4v) is 11.2. The quantitative estimate of drug-likeness (QED) is 0.141. The van der Waals surface area contributed by atoms with Gasteiger partial charge < -0.3 is 29.5 Å². The first-order valence-corrected chi connectivity index (χ1v) is 26.9. The Kier molecular flexibility index (Phi) is 15.7. The molecule has 8 aromatic rings. The molecule has 0 radical (unpaired) electrons. The van der Waals surface area contributed by atoms with Crippen LogP contribution in [0.1, 0.15) is 72.7 Å². The number of morpholine rings is 2. The Labute approximate surface area is 453 Å². The second-order valence-corrected chi connectivity index (χ2v) is 22.0. The third-order valence-electron chi connectivity index (χ3n) is 15.2. The number of benzene rings is 4. The molecule has 15 heteroatoms. The SMILES string of the molecule is CC1(C)CNc2cc(N3CCOCC3)cnc21.Cc1c(CCc2ccccc2)nc2cc(F)cc(F)c2c1Cl.Cc1c(CCc2ccccc2)nc2cc(F)cc(F)c2c1N1CC(C)(C)c2ncc(N3CCOCC3)cc21. The second-order valence-electron chi connectivity index (χ2n) is 21.6. The number of halogens is 5. The lowest BCUT2D eigenvalue weighted by Gasteiger charge is -2.30. The first-order valence-electron chi connectivity index (χ1n) is 26.5. The van der Waals surface area contributed by atoms with Crippen molar-refractivity contribution in [1.29, 1.82) is 0 Å². The van der Waals surface area contributed by atoms with Crippen LogP contribution in [0.15, 0.2) is 109 Å². The molecule has 2 fully saturated rings. The number of hydrogen-bond acceptors (Lipinski definition) is 10. The molecular formula is C62H65ClF4N8O2. The van der Waals surface area contributed by atoms with E-state index in [2.05, 4.69) is 81.9 Å². The fourth-order valence-electron chi connectivity index (χ4n) is 10.9. The lowest BCUT2D eigenvalue weighted by molar-refractivity contribution is 0.122. The Hall–Kier alpha value is -6.87. The van der Waals surface area contributed by atoms with Gasteiger partial charge in [-0.2, -0.15) is 0 Å². The smallest absolute Gasteiger partial charge is 0.137 e. The van der Waals surface area contributed by atoms with Gasteiger partial charge in [-0.3, -0.25) is 19.9 Å². The molecule has 10 nitrogen and oxygen atoms in total. The third kappa shape index (κ3) is 11.6. The van der Waals surface area contributed by atoms with Crippen molar-refractivity contribution in [3.63, 3.8) is 0 Å². The van der Waals surface area contributed by atoms with E-state index in [9.17, 15) is 13.2 Å². The minimum absolute atomic E-state index is 0.152. The highest BCUT2D eigenvalue weighted by atomic mass is 35.5. The number of rotatable bonds is 9. The van der Waals surface area contributed by atoms with Crippen LogP contribution in [0.3, 0.4) is 0 Å². The Morgan fingerprint density at radius 2 is 1.08 bits per heavy atom. The van der Waals surface area contributed by atoms with Gasteiger partial charge in [0.05, 0.1) is 105 Å². The van der Waals surface area contributed by atoms with Gasteiger partial charge in [-0.15, -0.1) is 0 Å². The maximum absolute atomic E-state index is 15.5. The molecule has 0 saturated carbocycles. The third-order valence-corrected chi connectivity index (χ3v) is 15.6. The first kappa shape index (κ1) is 53.5. The predicted octanol–water partition coefficient (Wildman–Crippen LogP) is 13.1. The number of nitrogens with one attached hydrogen (secondary N) is 1. The lowest BCUT2D eigenvalue weighted by atomic mass is 9.91. The molecule has 8 heterocycles. The van der Waals surface area contributed by atoms with Gasteiger partial charge in [0, 0.05) is 85.8 Å². The van der Waals surface area contributed by atoms with Crippen molar-refractivity contribution < 1.29 is 27.0 Å². The minimum Gasteiger partial charge on any atom is -0.383 e. The standard InChI is InChI=1S/C31H32F2N4O.C18H14ClF2N.C13H19N3O/c1-20-25(10-9-21-7-5-4-6-8-21)35-26-16-22(32)15-24(33)28(26)29(20)37-19-31(2,3)30-27(37)17-23(18-34-30)36-11-13-38-14-12-36;1-11-15(8-7-12-5-3-2-4-6-12)22-16-10-13(20)9-14(21)17(16)18(11)19;1-13(2)9-15-11-7-10(8-14-12(11)13)16-3-5-17-6-4-16/h4-8,15-18H,9-14,19H2,1-3H3;2-6,9-10H,7-8H2,1H3;7-8,15H,3-6,9H2,1-2H3. The summed E-state index contributed by atoms with van der Waals surface area (Å²) in [7, 11) is 0. The number of anilines is 5. The first-order chi connectivity index (χ1) is 37.0. The van der Waals surface area contributed by atoms with Crippen LogP contribution < -0.4 is 20.0 Å². The zero-order chi connectivity index (χ0) is 54.0. The molecular weight excluding hydrogens is 1000 g/mol. The molecule has 0 bridgehead atoms. The number of hydrogen-bond donors (Lipinski definition) is 1. The molecule has 400 valence electrons. The lowest BCUT2D eigenvalue weighted by Crippen LogP contribution is -2.36. The van der Waals surface area contributed by atoms with E-state index in [1.807, 2.05) is 74.8 Å². The van der Waals surface area contributed by atoms with Crippen molar-refractivity contribution in [2.45, 2.75) is 78.1 Å². The van der Waals surface area contributed by atoms with E-state index < -0.39 is 23.3 Å². The Morgan fingerprint density at radius 1 is 0.584 bits per heavy atom. The molecule has 77 heavy (non-hydrogen) atoms. The molecule has 1 N–H and O–H groups in total. The maximum Gasteiger partial charge on any atom is 0.137 e. The number of nitrogens with zero attached hydrogens (tertiary/aromatic N) is 7. The van der Waals surface area contributed by atoms with E-state index >= 15 is 4.39 Å². The Balaban J connectivity index is 0.000000145. The summed E-state index contributed by atoms with van der Waals surface area (Å²) in [6.45, 7) is 20.8. The highest BCUT2D eigenvalue weighted by Gasteiger charge is 2.40. The predicted molar refractivity (Wildman–Crippen MR) is 302 cm³/mol. The van der Waals surface area contributed by atoms with Gasteiger partial charge in [-0.1, -0.05) is 100.0 Å². The highest BCUT2D eigenvalue weighted by Crippen LogP contribution is 2.48. The monoisotopic (exact) mass is 1060 g/mol. The number of aryl methyl sites for hydroxylation is 4. The summed E-state index contributed by atoms with van der Waals surface area (Å²) in [4.78, 5) is 25.5. The van der Waals surface area contributed by atoms with Crippen LogP contribution in [0.4, 0.5) is 46.0 Å². The van der Waals surface area contributed by atoms with Gasteiger partial charge in [0.1, 0.15) is 23.3 Å². The zero-order valence-corrected chi connectivity index (χ0v) is 45.4. The van der Waals surface area contributed by atoms with Crippen LogP contribution in [0.2, 0.25) is 5.02 Å². The van der Waals surface area contributed by atoms with Crippen molar-refractivity contribution in [1.82, 2.24) is 19.9 Å². The van der Waals surface area contributed by atoms with E-state index in [0.29, 0.717) is 48.5 Å². The summed E-state index contributed by atoms with van der Waals surface area (Å²) in [6.07, 6.45) is 6.88. The molecule has 4 aliphatic rings. The van der Waals surface area contributed by atoms with Gasteiger partial charge in [-0.05, 0) is 73.9 Å².